The third-order valence-electron chi connectivity index (χ3n) is 12.7. The Morgan fingerprint density at radius 3 is 0.589 bits per heavy atom. The van der Waals surface area contributed by atoms with Gasteiger partial charge >= 0.3 is 5.97 Å². The molecule has 0 aliphatic rings. The fourth-order valence-corrected chi connectivity index (χ4v) is 8.73. The average molecular weight is 789 g/mol. The van der Waals surface area contributed by atoms with Crippen LogP contribution in [0.2, 0.25) is 0 Å². The summed E-state index contributed by atoms with van der Waals surface area (Å²) in [5, 5.41) is 0. The molecule has 2 heteroatoms. The Labute approximate surface area is 355 Å². The zero-order valence-corrected chi connectivity index (χ0v) is 39.4. The Morgan fingerprint density at radius 1 is 0.232 bits per heavy atom. The van der Waals surface area contributed by atoms with Crippen LogP contribution >= 0.6 is 0 Å². The predicted octanol–water partition coefficient (Wildman–Crippen LogP) is 20.1. The molecule has 0 unspecified atom stereocenters. The first-order valence-corrected chi connectivity index (χ1v) is 27.0. The first-order valence-electron chi connectivity index (χ1n) is 27.0. The van der Waals surface area contributed by atoms with Gasteiger partial charge in [-0.1, -0.05) is 316 Å². The zero-order chi connectivity index (χ0) is 40.3. The summed E-state index contributed by atoms with van der Waals surface area (Å²) in [5.74, 6) is 0.0346. The van der Waals surface area contributed by atoms with Crippen LogP contribution in [0.5, 0.6) is 0 Å². The predicted molar refractivity (Wildman–Crippen MR) is 253 cm³/mol. The molecule has 0 rings (SSSR count). The number of carbonyl (C=O) groups excluding carboxylic acids is 1. The molecule has 0 fully saturated rings. The van der Waals surface area contributed by atoms with E-state index in [1.165, 1.54) is 302 Å². The van der Waals surface area contributed by atoms with E-state index in [-0.39, 0.29) is 5.97 Å². The molecule has 0 atom stereocenters. The van der Waals surface area contributed by atoms with Gasteiger partial charge in [-0.15, -0.1) is 0 Å². The van der Waals surface area contributed by atoms with Gasteiger partial charge in [0.1, 0.15) is 0 Å². The van der Waals surface area contributed by atoms with E-state index in [1.54, 1.807) is 0 Å². The summed E-state index contributed by atoms with van der Waals surface area (Å²) in [4.78, 5) is 12.1. The van der Waals surface area contributed by atoms with Crippen LogP contribution in [0.15, 0.2) is 0 Å². The van der Waals surface area contributed by atoms with Gasteiger partial charge in [-0.25, -0.2) is 0 Å². The fraction of sp³-hybridized carbons (Fsp3) is 0.981. The molecule has 2 nitrogen and oxygen atoms in total. The van der Waals surface area contributed by atoms with E-state index in [1.807, 2.05) is 0 Å². The van der Waals surface area contributed by atoms with Crippen LogP contribution in [0.3, 0.4) is 0 Å². The van der Waals surface area contributed by atoms with Crippen LogP contribution in [-0.2, 0) is 9.53 Å². The minimum absolute atomic E-state index is 0.0346. The van der Waals surface area contributed by atoms with Crippen LogP contribution in [0.1, 0.15) is 335 Å². The molecule has 0 radical (unpaired) electrons. The zero-order valence-electron chi connectivity index (χ0n) is 39.4. The van der Waals surface area contributed by atoms with Crippen molar-refractivity contribution in [3.63, 3.8) is 0 Å². The molecule has 0 aliphatic heterocycles. The van der Waals surface area contributed by atoms with Crippen molar-refractivity contribution in [2.45, 2.75) is 335 Å². The molecular formula is C54H108O2. The molecule has 0 aromatic heterocycles. The van der Waals surface area contributed by atoms with E-state index in [2.05, 4.69) is 13.8 Å². The number of rotatable bonds is 51. The van der Waals surface area contributed by atoms with Gasteiger partial charge in [0.25, 0.3) is 0 Å². The molecule has 0 aliphatic carbocycles. The summed E-state index contributed by atoms with van der Waals surface area (Å²) < 4.78 is 5.50. The van der Waals surface area contributed by atoms with Crippen molar-refractivity contribution in [3.8, 4) is 0 Å². The summed E-state index contributed by atoms with van der Waals surface area (Å²) in [6.45, 7) is 5.24. The smallest absolute Gasteiger partial charge is 0.305 e. The number of hydrogen-bond donors (Lipinski definition) is 0. The van der Waals surface area contributed by atoms with Crippen LogP contribution in [-0.4, -0.2) is 12.6 Å². The second-order valence-corrected chi connectivity index (χ2v) is 18.6. The monoisotopic (exact) mass is 789 g/mol. The first kappa shape index (κ1) is 55.5. The van der Waals surface area contributed by atoms with Crippen LogP contribution in [0, 0.1) is 0 Å². The number of hydrogen-bond acceptors (Lipinski definition) is 2. The quantitative estimate of drug-likeness (QED) is 0.0453. The maximum absolute atomic E-state index is 12.1. The Bertz CT molecular complexity index is 688. The van der Waals surface area contributed by atoms with E-state index in [0.717, 1.165) is 12.8 Å². The van der Waals surface area contributed by atoms with Crippen molar-refractivity contribution < 1.29 is 9.53 Å². The molecule has 0 saturated heterocycles. The van der Waals surface area contributed by atoms with Gasteiger partial charge in [-0.3, -0.25) is 4.79 Å². The van der Waals surface area contributed by atoms with Crippen molar-refractivity contribution in [1.29, 1.82) is 0 Å². The van der Waals surface area contributed by atoms with Gasteiger partial charge in [0.05, 0.1) is 6.61 Å². The summed E-state index contributed by atoms with van der Waals surface area (Å²) in [6.07, 6.45) is 69.8. The number of ether oxygens (including phenoxy) is 1. The summed E-state index contributed by atoms with van der Waals surface area (Å²) in [5.41, 5.74) is 0. The van der Waals surface area contributed by atoms with Crippen molar-refractivity contribution >= 4 is 5.97 Å². The average Bonchev–Trinajstić information content (AvgIpc) is 3.20. The van der Waals surface area contributed by atoms with Crippen molar-refractivity contribution in [2.75, 3.05) is 6.61 Å². The highest BCUT2D eigenvalue weighted by Crippen LogP contribution is 2.18. The molecule has 0 amide bonds. The Morgan fingerprint density at radius 2 is 0.393 bits per heavy atom. The SMILES string of the molecule is CCCCCCCCCCCCCCCCCCCCCCCCCCCCCCCCOC(=O)CCCCCCCCCCCCCCCCCCCCC. The molecule has 0 N–H and O–H groups in total. The standard InChI is InChI=1S/C54H108O2/c1-3-5-7-9-11-13-15-17-19-21-23-24-25-26-27-28-29-30-31-32-33-35-37-39-41-43-45-47-49-51-53-56-54(55)52-50-48-46-44-42-40-38-36-34-22-20-18-16-14-12-10-8-6-4-2/h3-53H2,1-2H3. The summed E-state index contributed by atoms with van der Waals surface area (Å²) in [7, 11) is 0. The third-order valence-corrected chi connectivity index (χ3v) is 12.7. The normalized spacial score (nSPS) is 11.5. The molecule has 56 heavy (non-hydrogen) atoms. The highest BCUT2D eigenvalue weighted by atomic mass is 16.5. The van der Waals surface area contributed by atoms with Crippen LogP contribution in [0.4, 0.5) is 0 Å². The highest BCUT2D eigenvalue weighted by molar-refractivity contribution is 5.69. The highest BCUT2D eigenvalue weighted by Gasteiger charge is 2.03. The Kier molecular flexibility index (Phi) is 52.0. The van der Waals surface area contributed by atoms with Crippen LogP contribution in [0.25, 0.3) is 0 Å². The lowest BCUT2D eigenvalue weighted by molar-refractivity contribution is -0.143. The van der Waals surface area contributed by atoms with E-state index in [4.69, 9.17) is 4.74 Å². The number of unbranched alkanes of at least 4 members (excludes halogenated alkanes) is 47. The molecule has 336 valence electrons. The maximum atomic E-state index is 12.1. The second kappa shape index (κ2) is 52.5. The van der Waals surface area contributed by atoms with Crippen LogP contribution < -0.4 is 0 Å². The van der Waals surface area contributed by atoms with Crippen molar-refractivity contribution in [1.82, 2.24) is 0 Å². The second-order valence-electron chi connectivity index (χ2n) is 18.6. The molecule has 0 spiro atoms. The molecule has 0 heterocycles. The van der Waals surface area contributed by atoms with E-state index in [9.17, 15) is 4.79 Å². The van der Waals surface area contributed by atoms with Gasteiger partial charge in [0, 0.05) is 6.42 Å². The topological polar surface area (TPSA) is 26.3 Å². The minimum atomic E-state index is 0.0346. The van der Waals surface area contributed by atoms with Crippen molar-refractivity contribution in [2.24, 2.45) is 0 Å². The van der Waals surface area contributed by atoms with Crippen molar-refractivity contribution in [3.05, 3.63) is 0 Å². The largest absolute Gasteiger partial charge is 0.466 e. The van der Waals surface area contributed by atoms with Gasteiger partial charge in [0.2, 0.25) is 0 Å². The van der Waals surface area contributed by atoms with Gasteiger partial charge in [-0.2, -0.15) is 0 Å². The molecule has 0 bridgehead atoms. The fourth-order valence-electron chi connectivity index (χ4n) is 8.73. The lowest BCUT2D eigenvalue weighted by Gasteiger charge is -2.06. The first-order chi connectivity index (χ1) is 27.8. The maximum Gasteiger partial charge on any atom is 0.305 e. The molecule has 0 saturated carbocycles. The Hall–Kier alpha value is -0.530. The lowest BCUT2D eigenvalue weighted by Crippen LogP contribution is -2.05. The number of carbonyl (C=O) groups is 1. The third kappa shape index (κ3) is 51.5. The van der Waals surface area contributed by atoms with E-state index in [0.29, 0.717) is 13.0 Å². The number of esters is 1. The van der Waals surface area contributed by atoms with E-state index < -0.39 is 0 Å². The van der Waals surface area contributed by atoms with Gasteiger partial charge < -0.3 is 4.74 Å². The summed E-state index contributed by atoms with van der Waals surface area (Å²) in [6, 6.07) is 0. The molecule has 0 aromatic rings. The Balaban J connectivity index is 3.13. The van der Waals surface area contributed by atoms with Gasteiger partial charge in [0.15, 0.2) is 0 Å². The minimum Gasteiger partial charge on any atom is -0.466 e. The lowest BCUT2D eigenvalue weighted by atomic mass is 10.0. The molecule has 0 aromatic carbocycles. The molecular weight excluding hydrogens is 681 g/mol. The van der Waals surface area contributed by atoms with Gasteiger partial charge in [-0.05, 0) is 12.8 Å². The summed E-state index contributed by atoms with van der Waals surface area (Å²) >= 11 is 0. The van der Waals surface area contributed by atoms with E-state index >= 15 is 0 Å².